The molecule has 0 amide bonds. The molecule has 0 saturated carbocycles. The van der Waals surface area contributed by atoms with Crippen LogP contribution in [0.2, 0.25) is 0 Å². The summed E-state index contributed by atoms with van der Waals surface area (Å²) in [5, 5.41) is 12.8. The van der Waals surface area contributed by atoms with E-state index in [-0.39, 0.29) is 57.2 Å². The van der Waals surface area contributed by atoms with E-state index in [0.29, 0.717) is 13.1 Å². The summed E-state index contributed by atoms with van der Waals surface area (Å²) in [5.74, 6) is -2.38. The number of carbonyl (C=O) groups excluding carboxylic acids is 1. The molecule has 1 aromatic heterocycles. The molecule has 11 heteroatoms. The number of esters is 1. The summed E-state index contributed by atoms with van der Waals surface area (Å²) in [7, 11) is 8.22. The number of rotatable bonds is 6. The zero-order valence-corrected chi connectivity index (χ0v) is 18.7. The van der Waals surface area contributed by atoms with Crippen LogP contribution >= 0.6 is 0 Å². The number of benzene rings is 2. The van der Waals surface area contributed by atoms with Crippen LogP contribution in [0.3, 0.4) is 0 Å². The number of aromatic nitrogens is 1. The Labute approximate surface area is 195 Å². The van der Waals surface area contributed by atoms with Crippen molar-refractivity contribution in [2.75, 3.05) is 37.4 Å². The summed E-state index contributed by atoms with van der Waals surface area (Å²) >= 11 is 0. The van der Waals surface area contributed by atoms with Crippen molar-refractivity contribution in [2.45, 2.75) is 19.6 Å². The van der Waals surface area contributed by atoms with Gasteiger partial charge in [-0.05, 0) is 37.6 Å². The zero-order valence-electron chi connectivity index (χ0n) is 18.7. The van der Waals surface area contributed by atoms with Gasteiger partial charge in [-0.15, -0.1) is 0 Å². The van der Waals surface area contributed by atoms with Crippen LogP contribution in [0.4, 0.5) is 20.2 Å². The summed E-state index contributed by atoms with van der Waals surface area (Å²) in [6, 6.07) is 3.48. The number of nitrogens with zero attached hydrogens (tertiary/aromatic N) is 2. The molecule has 4 N–H and O–H groups in total. The number of pyridine rings is 1. The van der Waals surface area contributed by atoms with E-state index in [4.69, 9.17) is 18.3 Å². The molecule has 0 aliphatic carbocycles. The summed E-state index contributed by atoms with van der Waals surface area (Å²) in [5.41, 5.74) is 4.88. The molecule has 1 aliphatic rings. The molecular weight excluding hydrogens is 445 g/mol. The lowest BCUT2D eigenvalue weighted by Crippen LogP contribution is -2.58. The third-order valence-electron chi connectivity index (χ3n) is 5.98. The molecule has 0 spiro atoms. The summed E-state index contributed by atoms with van der Waals surface area (Å²) < 4.78 is 35.7. The van der Waals surface area contributed by atoms with Gasteiger partial charge >= 0.3 is 5.97 Å². The highest BCUT2D eigenvalue weighted by Gasteiger charge is 2.30. The molecule has 4 rings (SSSR count). The van der Waals surface area contributed by atoms with E-state index < -0.39 is 29.6 Å². The van der Waals surface area contributed by atoms with Crippen LogP contribution in [-0.4, -0.2) is 56.3 Å². The first-order valence-electron chi connectivity index (χ1n) is 10.7. The second-order valence-corrected chi connectivity index (χ2v) is 8.03. The molecule has 1 aliphatic heterocycles. The van der Waals surface area contributed by atoms with E-state index in [2.05, 4.69) is 5.32 Å². The molecule has 0 atom stereocenters. The molecule has 2 radical (unpaired) electrons. The lowest BCUT2D eigenvalue weighted by atomic mass is 9.87. The van der Waals surface area contributed by atoms with Gasteiger partial charge in [-0.2, -0.15) is 0 Å². The monoisotopic (exact) mass is 468 g/mol. The van der Waals surface area contributed by atoms with Crippen molar-refractivity contribution in [3.05, 3.63) is 57.4 Å². The molecule has 2 heterocycles. The highest BCUT2D eigenvalue weighted by Crippen LogP contribution is 2.29. The largest absolute Gasteiger partial charge is 0.462 e. The third-order valence-corrected chi connectivity index (χ3v) is 5.98. The highest BCUT2D eigenvalue weighted by molar-refractivity contribution is 6.42. The van der Waals surface area contributed by atoms with E-state index in [1.54, 1.807) is 18.9 Å². The van der Waals surface area contributed by atoms with Crippen LogP contribution in [0, 0.1) is 11.6 Å². The number of hydrogen-bond donors (Lipinski definition) is 3. The quantitative estimate of drug-likeness (QED) is 0.278. The van der Waals surface area contributed by atoms with Gasteiger partial charge in [0.05, 0.1) is 35.8 Å². The van der Waals surface area contributed by atoms with Gasteiger partial charge in [0.1, 0.15) is 25.0 Å². The second kappa shape index (κ2) is 9.07. The van der Waals surface area contributed by atoms with E-state index >= 15 is 4.39 Å². The normalized spacial score (nSPS) is 13.9. The highest BCUT2D eigenvalue weighted by atomic mass is 19.1. The summed E-state index contributed by atoms with van der Waals surface area (Å²) in [6.45, 7) is 2.02. The number of aliphatic hydroxyl groups excluding tert-OH is 1. The van der Waals surface area contributed by atoms with Crippen molar-refractivity contribution in [2.24, 2.45) is 0 Å². The second-order valence-electron chi connectivity index (χ2n) is 8.03. The number of likely N-dealkylation sites (N-methyl/N-ethyl adjacent to an activating group) is 1. The maximum Gasteiger partial charge on any atom is 0.343 e. The molecule has 2 aromatic carbocycles. The first-order valence-corrected chi connectivity index (χ1v) is 10.7. The number of anilines is 2. The SMILES string of the molecule is [B]c1c(N2CC(NC)C2)c(F)cc2c(=O)c(C(=O)OCC)cn(-c3cc(N)c(F)cc3CO)c12. The van der Waals surface area contributed by atoms with Gasteiger partial charge in [-0.1, -0.05) is 0 Å². The lowest BCUT2D eigenvalue weighted by Gasteiger charge is -2.42. The smallest absolute Gasteiger partial charge is 0.343 e. The fourth-order valence-electron chi connectivity index (χ4n) is 4.16. The van der Waals surface area contributed by atoms with Crippen molar-refractivity contribution in [3.63, 3.8) is 0 Å². The van der Waals surface area contributed by atoms with Crippen LogP contribution in [0.1, 0.15) is 22.8 Å². The van der Waals surface area contributed by atoms with Gasteiger partial charge in [-0.25, -0.2) is 13.6 Å². The molecule has 0 bridgehead atoms. The maximum absolute atomic E-state index is 15.2. The predicted octanol–water partition coefficient (Wildman–Crippen LogP) is 0.722. The number of aliphatic hydroxyl groups is 1. The fourth-order valence-corrected chi connectivity index (χ4v) is 4.16. The first kappa shape index (κ1) is 23.7. The molecule has 0 unspecified atom stereocenters. The number of nitrogens with one attached hydrogen (secondary N) is 1. The number of nitrogen functional groups attached to an aromatic ring is 1. The van der Waals surface area contributed by atoms with Crippen LogP contribution in [-0.2, 0) is 11.3 Å². The molecule has 1 saturated heterocycles. The van der Waals surface area contributed by atoms with Crippen molar-refractivity contribution < 1.29 is 23.4 Å². The Morgan fingerprint density at radius 3 is 2.62 bits per heavy atom. The number of halogens is 2. The number of hydrogen-bond acceptors (Lipinski definition) is 7. The standard InChI is InChI=1S/C23H23BF2N4O4/c1-3-34-23(33)14-9-30(18-6-17(27)15(25)4-11(18)10-31)20-13(22(14)32)5-16(26)21(19(20)24)29-7-12(8-29)28-2/h4-6,9,12,28,31H,3,7-8,10,27H2,1-2H3. The average Bonchev–Trinajstić information content (AvgIpc) is 2.77. The van der Waals surface area contributed by atoms with Gasteiger partial charge in [0.15, 0.2) is 0 Å². The Morgan fingerprint density at radius 1 is 1.29 bits per heavy atom. The number of fused-ring (bicyclic) bond motifs is 1. The maximum atomic E-state index is 15.2. The number of carbonyl (C=O) groups is 1. The summed E-state index contributed by atoms with van der Waals surface area (Å²) in [4.78, 5) is 27.4. The minimum atomic E-state index is -0.911. The Hall–Kier alpha value is -3.44. The topological polar surface area (TPSA) is 110 Å². The average molecular weight is 468 g/mol. The molecule has 3 aromatic rings. The van der Waals surface area contributed by atoms with Crippen molar-refractivity contribution in [1.82, 2.24) is 9.88 Å². The molecule has 8 nitrogen and oxygen atoms in total. The van der Waals surface area contributed by atoms with Crippen LogP contribution in [0.25, 0.3) is 16.6 Å². The zero-order chi connectivity index (χ0) is 24.7. The Bertz CT molecular complexity index is 1360. The van der Waals surface area contributed by atoms with E-state index in [9.17, 15) is 19.1 Å². The van der Waals surface area contributed by atoms with Gasteiger partial charge in [0.25, 0.3) is 0 Å². The van der Waals surface area contributed by atoms with Crippen molar-refractivity contribution in [1.29, 1.82) is 0 Å². The van der Waals surface area contributed by atoms with Crippen molar-refractivity contribution in [3.8, 4) is 5.69 Å². The van der Waals surface area contributed by atoms with Gasteiger partial charge in [0.2, 0.25) is 5.43 Å². The van der Waals surface area contributed by atoms with Gasteiger partial charge in [-0.3, -0.25) is 4.79 Å². The predicted molar refractivity (Wildman–Crippen MR) is 126 cm³/mol. The number of nitrogens with two attached hydrogens (primary N) is 1. The Morgan fingerprint density at radius 2 is 2.00 bits per heavy atom. The Kier molecular flexibility index (Phi) is 6.33. The van der Waals surface area contributed by atoms with Gasteiger partial charge in [0, 0.05) is 36.3 Å². The number of ether oxygens (including phenoxy) is 1. The molecule has 176 valence electrons. The lowest BCUT2D eigenvalue weighted by molar-refractivity contribution is 0.0524. The molecule has 1 fully saturated rings. The summed E-state index contributed by atoms with van der Waals surface area (Å²) in [6.07, 6.45) is 1.19. The van der Waals surface area contributed by atoms with Gasteiger partial charge < -0.3 is 30.4 Å². The third kappa shape index (κ3) is 3.80. The van der Waals surface area contributed by atoms with E-state index in [0.717, 1.165) is 12.1 Å². The van der Waals surface area contributed by atoms with E-state index in [1.807, 2.05) is 0 Å². The first-order chi connectivity index (χ1) is 16.2. The molecule has 34 heavy (non-hydrogen) atoms. The van der Waals surface area contributed by atoms with E-state index in [1.165, 1.54) is 16.8 Å². The van der Waals surface area contributed by atoms with Crippen LogP contribution in [0.5, 0.6) is 0 Å². The molecular formula is C23H23BF2N4O4. The minimum absolute atomic E-state index is 0.0126. The van der Waals surface area contributed by atoms with Crippen molar-refractivity contribution >= 4 is 41.6 Å². The van der Waals surface area contributed by atoms with Crippen LogP contribution in [0.15, 0.2) is 29.2 Å². The Balaban J connectivity index is 2.09. The minimum Gasteiger partial charge on any atom is -0.462 e. The fraction of sp³-hybridized carbons (Fsp3) is 0.304. The van der Waals surface area contributed by atoms with Crippen LogP contribution < -0.4 is 26.8 Å².